The number of hydrogen-bond donors (Lipinski definition) is 1. The molecule has 0 aromatic heterocycles. The molecule has 5 nitrogen and oxygen atoms in total. The molecule has 0 aliphatic heterocycles. The molecule has 0 saturated heterocycles. The number of halogens is 4. The number of rotatable bonds is 5. The second kappa shape index (κ2) is 8.87. The van der Waals surface area contributed by atoms with Crippen molar-refractivity contribution in [2.75, 3.05) is 5.32 Å². The van der Waals surface area contributed by atoms with Crippen LogP contribution in [0.4, 0.5) is 18.9 Å². The van der Waals surface area contributed by atoms with Crippen molar-refractivity contribution in [3.63, 3.8) is 0 Å². The smallest absolute Gasteiger partial charge is 0.447 e. The van der Waals surface area contributed by atoms with Gasteiger partial charge in [-0.15, -0.1) is 0 Å². The maximum Gasteiger partial charge on any atom is 0.454 e. The molecule has 0 aliphatic rings. The first kappa shape index (κ1) is 23.4. The molecule has 160 valence electrons. The maximum absolute atomic E-state index is 12.9. The highest BCUT2D eigenvalue weighted by molar-refractivity contribution is 6.31. The Hall–Kier alpha value is -2.87. The molecule has 0 radical (unpaired) electrons. The predicted molar refractivity (Wildman–Crippen MR) is 105 cm³/mol. The van der Waals surface area contributed by atoms with E-state index >= 15 is 0 Å². The second-order valence-electron chi connectivity index (χ2n) is 7.45. The van der Waals surface area contributed by atoms with Gasteiger partial charge in [-0.25, -0.2) is 0 Å². The molecule has 0 heterocycles. The SMILES string of the molecule is CC(C)(C)C(=O)OC(C(=O)Nc1ccc(Cl)cc1C(=O)C(F)(F)F)c1ccccc1. The lowest BCUT2D eigenvalue weighted by atomic mass is 9.97. The number of amides is 1. The molecule has 0 bridgehead atoms. The van der Waals surface area contributed by atoms with Gasteiger partial charge in [-0.2, -0.15) is 13.2 Å². The summed E-state index contributed by atoms with van der Waals surface area (Å²) in [5, 5.41) is 2.14. The third-order valence-corrected chi connectivity index (χ3v) is 4.15. The van der Waals surface area contributed by atoms with Crippen LogP contribution in [0, 0.1) is 5.41 Å². The number of benzene rings is 2. The Kier molecular flexibility index (Phi) is 6.92. The summed E-state index contributed by atoms with van der Waals surface area (Å²) in [6.45, 7) is 4.78. The summed E-state index contributed by atoms with van der Waals surface area (Å²) < 4.78 is 44.2. The molecule has 1 atom stereocenters. The Morgan fingerprint density at radius 3 is 2.13 bits per heavy atom. The van der Waals surface area contributed by atoms with E-state index in [0.29, 0.717) is 5.56 Å². The van der Waals surface area contributed by atoms with Crippen LogP contribution in [0.3, 0.4) is 0 Å². The van der Waals surface area contributed by atoms with Crippen molar-refractivity contribution in [2.24, 2.45) is 5.41 Å². The van der Waals surface area contributed by atoms with E-state index in [2.05, 4.69) is 5.32 Å². The highest BCUT2D eigenvalue weighted by Crippen LogP contribution is 2.30. The van der Waals surface area contributed by atoms with E-state index in [-0.39, 0.29) is 5.02 Å². The fourth-order valence-electron chi connectivity index (χ4n) is 2.35. The van der Waals surface area contributed by atoms with Crippen molar-refractivity contribution < 1.29 is 32.3 Å². The van der Waals surface area contributed by atoms with Crippen LogP contribution in [0.25, 0.3) is 0 Å². The lowest BCUT2D eigenvalue weighted by Crippen LogP contribution is -2.32. The topological polar surface area (TPSA) is 72.5 Å². The first-order valence-corrected chi connectivity index (χ1v) is 9.16. The molecule has 2 rings (SSSR count). The Labute approximate surface area is 176 Å². The van der Waals surface area contributed by atoms with Gasteiger partial charge in [0.15, 0.2) is 0 Å². The molecule has 0 aliphatic carbocycles. The van der Waals surface area contributed by atoms with Crippen molar-refractivity contribution in [3.05, 3.63) is 64.7 Å². The van der Waals surface area contributed by atoms with E-state index in [4.69, 9.17) is 16.3 Å². The molecule has 9 heteroatoms. The molecule has 0 saturated carbocycles. The monoisotopic (exact) mass is 441 g/mol. The van der Waals surface area contributed by atoms with Crippen molar-refractivity contribution >= 4 is 34.9 Å². The zero-order valence-electron chi connectivity index (χ0n) is 16.3. The van der Waals surface area contributed by atoms with Gasteiger partial charge in [-0.3, -0.25) is 14.4 Å². The van der Waals surface area contributed by atoms with Gasteiger partial charge in [-0.05, 0) is 39.0 Å². The van der Waals surface area contributed by atoms with Gasteiger partial charge < -0.3 is 10.1 Å². The number of nitrogens with one attached hydrogen (secondary N) is 1. The summed E-state index contributed by atoms with van der Waals surface area (Å²) in [6.07, 6.45) is -6.61. The largest absolute Gasteiger partial charge is 0.454 e. The lowest BCUT2D eigenvalue weighted by Gasteiger charge is -2.23. The van der Waals surface area contributed by atoms with E-state index in [1.807, 2.05) is 0 Å². The predicted octanol–water partition coefficient (Wildman–Crippen LogP) is 5.35. The van der Waals surface area contributed by atoms with Crippen LogP contribution >= 0.6 is 11.6 Å². The van der Waals surface area contributed by atoms with Crippen molar-refractivity contribution in [1.82, 2.24) is 0 Å². The van der Waals surface area contributed by atoms with Gasteiger partial charge in [0.05, 0.1) is 16.7 Å². The zero-order valence-corrected chi connectivity index (χ0v) is 17.1. The van der Waals surface area contributed by atoms with Gasteiger partial charge in [0.25, 0.3) is 11.7 Å². The number of carbonyl (C=O) groups excluding carboxylic acids is 3. The van der Waals surface area contributed by atoms with Crippen molar-refractivity contribution in [3.8, 4) is 0 Å². The number of hydrogen-bond acceptors (Lipinski definition) is 4. The van der Waals surface area contributed by atoms with E-state index in [1.165, 1.54) is 18.2 Å². The maximum atomic E-state index is 12.9. The summed E-state index contributed by atoms with van der Waals surface area (Å²) in [6, 6.07) is 11.1. The van der Waals surface area contributed by atoms with Gasteiger partial charge in [0, 0.05) is 10.6 Å². The Balaban J connectivity index is 2.41. The first-order valence-electron chi connectivity index (χ1n) is 8.78. The molecular formula is C21H19ClF3NO4. The molecule has 1 unspecified atom stereocenters. The van der Waals surface area contributed by atoms with Gasteiger partial charge >= 0.3 is 12.1 Å². The number of ketones is 1. The van der Waals surface area contributed by atoms with Crippen LogP contribution in [0.2, 0.25) is 5.02 Å². The summed E-state index contributed by atoms with van der Waals surface area (Å²) in [7, 11) is 0. The van der Waals surface area contributed by atoms with Crippen LogP contribution in [-0.2, 0) is 14.3 Å². The van der Waals surface area contributed by atoms with Crippen molar-refractivity contribution in [1.29, 1.82) is 0 Å². The highest BCUT2D eigenvalue weighted by Gasteiger charge is 2.41. The second-order valence-corrected chi connectivity index (χ2v) is 7.89. The Bertz CT molecular complexity index is 953. The fourth-order valence-corrected chi connectivity index (χ4v) is 2.52. The van der Waals surface area contributed by atoms with E-state index in [9.17, 15) is 27.6 Å². The minimum Gasteiger partial charge on any atom is -0.447 e. The minimum absolute atomic E-state index is 0.112. The molecule has 0 spiro atoms. The lowest BCUT2D eigenvalue weighted by molar-refractivity contribution is -0.162. The summed E-state index contributed by atoms with van der Waals surface area (Å²) in [5.74, 6) is -3.77. The summed E-state index contributed by atoms with van der Waals surface area (Å²) >= 11 is 5.72. The number of esters is 1. The minimum atomic E-state index is -5.16. The molecule has 2 aromatic rings. The number of ether oxygens (including phenoxy) is 1. The zero-order chi connectivity index (χ0) is 22.7. The highest BCUT2D eigenvalue weighted by atomic mass is 35.5. The van der Waals surface area contributed by atoms with Crippen LogP contribution in [-0.4, -0.2) is 23.8 Å². The molecule has 30 heavy (non-hydrogen) atoms. The van der Waals surface area contributed by atoms with E-state index in [1.54, 1.807) is 39.0 Å². The number of alkyl halides is 3. The average Bonchev–Trinajstić information content (AvgIpc) is 2.65. The molecule has 1 N–H and O–H groups in total. The van der Waals surface area contributed by atoms with Gasteiger partial charge in [0.1, 0.15) is 0 Å². The van der Waals surface area contributed by atoms with Gasteiger partial charge in [-0.1, -0.05) is 41.9 Å². The normalized spacial score (nSPS) is 12.8. The number of anilines is 1. The fraction of sp³-hybridized carbons (Fsp3) is 0.286. The average molecular weight is 442 g/mol. The molecule has 2 aromatic carbocycles. The van der Waals surface area contributed by atoms with Crippen LogP contribution in [0.5, 0.6) is 0 Å². The van der Waals surface area contributed by atoms with E-state index < -0.39 is 46.6 Å². The molecular weight excluding hydrogens is 423 g/mol. The third kappa shape index (κ3) is 5.82. The van der Waals surface area contributed by atoms with Crippen LogP contribution < -0.4 is 5.32 Å². The summed E-state index contributed by atoms with van der Waals surface area (Å²) in [4.78, 5) is 37.0. The molecule has 0 fully saturated rings. The third-order valence-electron chi connectivity index (χ3n) is 3.92. The Morgan fingerprint density at radius 1 is 1.00 bits per heavy atom. The Morgan fingerprint density at radius 2 is 1.60 bits per heavy atom. The first-order chi connectivity index (χ1) is 13.8. The summed E-state index contributed by atoms with van der Waals surface area (Å²) in [5.41, 5.74) is -1.84. The van der Waals surface area contributed by atoms with E-state index in [0.717, 1.165) is 12.1 Å². The standard InChI is InChI=1S/C21H19ClF3NO4/c1-20(2,3)19(29)30-16(12-7-5-4-6-8-12)18(28)26-15-10-9-13(22)11-14(15)17(27)21(23,24)25/h4-11,16H,1-3H3,(H,26,28). The van der Waals surface area contributed by atoms with Crippen LogP contribution in [0.1, 0.15) is 42.8 Å². The quantitative estimate of drug-likeness (QED) is 0.501. The van der Waals surface area contributed by atoms with Crippen molar-refractivity contribution in [2.45, 2.75) is 33.1 Å². The number of carbonyl (C=O) groups is 3. The molecule has 1 amide bonds. The van der Waals surface area contributed by atoms with Gasteiger partial charge in [0.2, 0.25) is 6.10 Å². The number of Topliss-reactive ketones (excluding diaryl/α,β-unsaturated/α-hetero) is 1. The van der Waals surface area contributed by atoms with Crippen LogP contribution in [0.15, 0.2) is 48.5 Å².